The maximum atomic E-state index is 12.6. The predicted octanol–water partition coefficient (Wildman–Crippen LogP) is 4.34. The van der Waals surface area contributed by atoms with Crippen LogP contribution < -0.4 is 5.32 Å². The molecule has 0 aliphatic carbocycles. The average Bonchev–Trinajstić information content (AvgIpc) is 3.41. The number of ether oxygens (including phenoxy) is 1. The third-order valence-electron chi connectivity index (χ3n) is 6.37. The number of aromatic nitrogens is 7. The first kappa shape index (κ1) is 24.7. The van der Waals surface area contributed by atoms with Gasteiger partial charge in [-0.1, -0.05) is 0 Å². The lowest BCUT2D eigenvalue weighted by atomic mass is 10.1. The van der Waals surface area contributed by atoms with Crippen LogP contribution in [0.25, 0.3) is 28.1 Å². The van der Waals surface area contributed by atoms with E-state index in [0.29, 0.717) is 19.0 Å². The molecule has 4 aromatic heterocycles. The minimum Gasteiger partial charge on any atom is -0.444 e. The van der Waals surface area contributed by atoms with Crippen molar-refractivity contribution in [2.24, 2.45) is 0 Å². The van der Waals surface area contributed by atoms with Crippen LogP contribution in [0.2, 0.25) is 0 Å². The van der Waals surface area contributed by atoms with Gasteiger partial charge in [0.05, 0.1) is 5.69 Å². The van der Waals surface area contributed by atoms with Gasteiger partial charge in [0.25, 0.3) is 0 Å². The second kappa shape index (κ2) is 9.45. The Hall–Kier alpha value is -4.02. The van der Waals surface area contributed by atoms with E-state index in [9.17, 15) is 4.79 Å². The Kier molecular flexibility index (Phi) is 6.30. The van der Waals surface area contributed by atoms with Gasteiger partial charge < -0.3 is 19.9 Å². The van der Waals surface area contributed by atoms with Crippen LogP contribution in [0.5, 0.6) is 0 Å². The Labute approximate surface area is 215 Å². The van der Waals surface area contributed by atoms with E-state index in [1.165, 1.54) is 0 Å². The number of nitrogens with one attached hydrogen (secondary N) is 2. The molecule has 0 spiro atoms. The number of anilines is 1. The maximum Gasteiger partial charge on any atom is 0.410 e. The highest BCUT2D eigenvalue weighted by Crippen LogP contribution is 2.30. The predicted molar refractivity (Wildman–Crippen MR) is 141 cm³/mol. The summed E-state index contributed by atoms with van der Waals surface area (Å²) in [6.45, 7) is 12.7. The van der Waals surface area contributed by atoms with Gasteiger partial charge in [-0.25, -0.2) is 19.7 Å². The summed E-state index contributed by atoms with van der Waals surface area (Å²) >= 11 is 0. The number of hydrogen-bond donors (Lipinski definition) is 2. The Balaban J connectivity index is 1.38. The van der Waals surface area contributed by atoms with E-state index in [1.807, 2.05) is 70.6 Å². The summed E-state index contributed by atoms with van der Waals surface area (Å²) in [5.74, 6) is 2.86. The number of hydrogen-bond acceptors (Lipinski definition) is 8. The molecule has 0 unspecified atom stereocenters. The van der Waals surface area contributed by atoms with Crippen molar-refractivity contribution >= 4 is 23.1 Å². The summed E-state index contributed by atoms with van der Waals surface area (Å²) in [7, 11) is 0. The van der Waals surface area contributed by atoms with Crippen molar-refractivity contribution in [3.8, 4) is 17.1 Å². The summed E-state index contributed by atoms with van der Waals surface area (Å²) in [4.78, 5) is 31.8. The standard InChI is InChI=1S/C26H33N9O2/c1-15-12-28-24(29-18-8-7-11-34(14-18)25(36)37-26(4,5)6)31-22(15)20-13-27-23-19(20)9-10-21(30-23)35-16(2)32-33-17(35)3/h9-10,12-13,18H,7-8,11,14H2,1-6H3,(H,27,30)(H,28,29,31)/t18-/m0/s1. The van der Waals surface area contributed by atoms with E-state index in [1.54, 1.807) is 4.90 Å². The molecule has 1 saturated heterocycles. The van der Waals surface area contributed by atoms with Crippen LogP contribution in [-0.4, -0.2) is 70.4 Å². The fraction of sp³-hybridized carbons (Fsp3) is 0.462. The molecular formula is C26H33N9O2. The van der Waals surface area contributed by atoms with Crippen LogP contribution in [-0.2, 0) is 4.74 Å². The molecule has 37 heavy (non-hydrogen) atoms. The number of piperidine rings is 1. The summed E-state index contributed by atoms with van der Waals surface area (Å²) in [5, 5.41) is 12.7. The average molecular weight is 504 g/mol. The summed E-state index contributed by atoms with van der Waals surface area (Å²) < 4.78 is 7.47. The van der Waals surface area contributed by atoms with Crippen LogP contribution in [0.1, 0.15) is 50.8 Å². The lowest BCUT2D eigenvalue weighted by Crippen LogP contribution is -2.47. The highest BCUT2D eigenvalue weighted by atomic mass is 16.6. The Morgan fingerprint density at radius 2 is 1.89 bits per heavy atom. The molecule has 1 aliphatic heterocycles. The molecule has 1 fully saturated rings. The topological polar surface area (TPSA) is 127 Å². The van der Waals surface area contributed by atoms with E-state index < -0.39 is 5.60 Å². The largest absolute Gasteiger partial charge is 0.444 e. The molecule has 11 nitrogen and oxygen atoms in total. The zero-order chi connectivity index (χ0) is 26.3. The normalized spacial score (nSPS) is 16.3. The number of rotatable bonds is 4. The van der Waals surface area contributed by atoms with E-state index in [2.05, 4.69) is 25.5 Å². The molecule has 4 aromatic rings. The zero-order valence-corrected chi connectivity index (χ0v) is 22.2. The molecular weight excluding hydrogens is 470 g/mol. The van der Waals surface area contributed by atoms with Crippen molar-refractivity contribution < 1.29 is 9.53 Å². The van der Waals surface area contributed by atoms with E-state index in [4.69, 9.17) is 14.7 Å². The SMILES string of the molecule is Cc1cnc(N[C@H]2CCCN(C(=O)OC(C)(C)C)C2)nc1-c1c[nH]c2nc(-n3c(C)nnc3C)ccc12. The van der Waals surface area contributed by atoms with Gasteiger partial charge in [0.1, 0.15) is 28.7 Å². The van der Waals surface area contributed by atoms with E-state index in [0.717, 1.165) is 58.2 Å². The number of amides is 1. The summed E-state index contributed by atoms with van der Waals surface area (Å²) in [5.41, 5.74) is 2.98. The summed E-state index contributed by atoms with van der Waals surface area (Å²) in [6.07, 6.45) is 5.28. The molecule has 194 valence electrons. The number of likely N-dealkylation sites (tertiary alicyclic amines) is 1. The Morgan fingerprint density at radius 3 is 2.62 bits per heavy atom. The number of H-pyrrole nitrogens is 1. The number of nitrogens with zero attached hydrogens (tertiary/aromatic N) is 7. The second-order valence-electron chi connectivity index (χ2n) is 10.5. The summed E-state index contributed by atoms with van der Waals surface area (Å²) in [6, 6.07) is 4.04. The smallest absolute Gasteiger partial charge is 0.410 e. The molecule has 1 aliphatic rings. The van der Waals surface area contributed by atoms with Gasteiger partial charge in [0.15, 0.2) is 0 Å². The third-order valence-corrected chi connectivity index (χ3v) is 6.37. The molecule has 11 heteroatoms. The van der Waals surface area contributed by atoms with Gasteiger partial charge in [0, 0.05) is 42.5 Å². The monoisotopic (exact) mass is 503 g/mol. The molecule has 0 radical (unpaired) electrons. The number of aryl methyl sites for hydroxylation is 3. The van der Waals surface area contributed by atoms with Crippen LogP contribution >= 0.6 is 0 Å². The molecule has 0 saturated carbocycles. The lowest BCUT2D eigenvalue weighted by molar-refractivity contribution is 0.0206. The fourth-order valence-electron chi connectivity index (χ4n) is 4.67. The number of fused-ring (bicyclic) bond motifs is 1. The van der Waals surface area contributed by atoms with Crippen LogP contribution in [0.15, 0.2) is 24.5 Å². The van der Waals surface area contributed by atoms with Gasteiger partial charge >= 0.3 is 6.09 Å². The molecule has 1 amide bonds. The van der Waals surface area contributed by atoms with Gasteiger partial charge in [-0.3, -0.25) is 4.57 Å². The number of carbonyl (C=O) groups excluding carboxylic acids is 1. The van der Waals surface area contributed by atoms with Gasteiger partial charge in [-0.05, 0) is 72.1 Å². The van der Waals surface area contributed by atoms with Gasteiger partial charge in [-0.2, -0.15) is 0 Å². The highest BCUT2D eigenvalue weighted by Gasteiger charge is 2.28. The second-order valence-corrected chi connectivity index (χ2v) is 10.5. The van der Waals surface area contributed by atoms with Crippen molar-refractivity contribution in [3.05, 3.63) is 41.7 Å². The minimum absolute atomic E-state index is 0.0410. The number of pyridine rings is 1. The quantitative estimate of drug-likeness (QED) is 0.421. The Morgan fingerprint density at radius 1 is 1.14 bits per heavy atom. The van der Waals surface area contributed by atoms with Crippen molar-refractivity contribution in [2.75, 3.05) is 18.4 Å². The molecule has 1 atom stereocenters. The number of aromatic amines is 1. The molecule has 0 bridgehead atoms. The minimum atomic E-state index is -0.519. The van der Waals surface area contributed by atoms with Crippen molar-refractivity contribution in [3.63, 3.8) is 0 Å². The third kappa shape index (κ3) is 5.11. The van der Waals surface area contributed by atoms with Crippen molar-refractivity contribution in [2.45, 2.75) is 66.0 Å². The fourth-order valence-corrected chi connectivity index (χ4v) is 4.67. The molecule has 0 aromatic carbocycles. The Bertz CT molecular complexity index is 1430. The molecule has 2 N–H and O–H groups in total. The lowest BCUT2D eigenvalue weighted by Gasteiger charge is -2.34. The first-order valence-electron chi connectivity index (χ1n) is 12.5. The van der Waals surface area contributed by atoms with Crippen LogP contribution in [0.3, 0.4) is 0 Å². The van der Waals surface area contributed by atoms with Crippen LogP contribution in [0.4, 0.5) is 10.7 Å². The van der Waals surface area contributed by atoms with Crippen molar-refractivity contribution in [1.29, 1.82) is 0 Å². The first-order chi connectivity index (χ1) is 17.6. The highest BCUT2D eigenvalue weighted by molar-refractivity contribution is 5.93. The molecule has 5 rings (SSSR count). The van der Waals surface area contributed by atoms with Crippen LogP contribution in [0, 0.1) is 20.8 Å². The maximum absolute atomic E-state index is 12.6. The van der Waals surface area contributed by atoms with E-state index in [-0.39, 0.29) is 12.1 Å². The van der Waals surface area contributed by atoms with Gasteiger partial charge in [0.2, 0.25) is 5.95 Å². The first-order valence-corrected chi connectivity index (χ1v) is 12.5. The van der Waals surface area contributed by atoms with Gasteiger partial charge in [-0.15, -0.1) is 10.2 Å². The number of carbonyl (C=O) groups is 1. The van der Waals surface area contributed by atoms with E-state index >= 15 is 0 Å². The zero-order valence-electron chi connectivity index (χ0n) is 22.2. The van der Waals surface area contributed by atoms with Crippen molar-refractivity contribution in [1.82, 2.24) is 39.6 Å². The molecule has 5 heterocycles.